The highest BCUT2D eigenvalue weighted by Gasteiger charge is 2.55. The summed E-state index contributed by atoms with van der Waals surface area (Å²) in [6.45, 7) is 8.55. The van der Waals surface area contributed by atoms with Crippen LogP contribution in [-0.4, -0.2) is 0 Å². The van der Waals surface area contributed by atoms with Crippen molar-refractivity contribution in [2.75, 3.05) is 0 Å². The van der Waals surface area contributed by atoms with Crippen molar-refractivity contribution < 1.29 is 0 Å². The van der Waals surface area contributed by atoms with Gasteiger partial charge in [-0.3, -0.25) is 0 Å². The summed E-state index contributed by atoms with van der Waals surface area (Å²) in [7, 11) is 0. The summed E-state index contributed by atoms with van der Waals surface area (Å²) in [5, 5.41) is 0. The minimum atomic E-state index is 0.481. The average Bonchev–Trinajstić information content (AvgIpc) is 3.27. The fourth-order valence-electron chi connectivity index (χ4n) is 3.87. The zero-order valence-corrected chi connectivity index (χ0v) is 13.0. The molecule has 0 radical (unpaired) electrons. The number of benzene rings is 1. The summed E-state index contributed by atoms with van der Waals surface area (Å²) in [6, 6.07) is 10.6. The Hall–Kier alpha value is -1.56. The molecular formula is C21H26. The van der Waals surface area contributed by atoms with Gasteiger partial charge in [0.2, 0.25) is 0 Å². The number of rotatable bonds is 6. The molecule has 0 nitrogen and oxygen atoms in total. The predicted octanol–water partition coefficient (Wildman–Crippen LogP) is 5.87. The van der Waals surface area contributed by atoms with Crippen LogP contribution in [0.4, 0.5) is 0 Å². The molecule has 2 fully saturated rings. The van der Waals surface area contributed by atoms with E-state index < -0.39 is 0 Å². The van der Waals surface area contributed by atoms with Crippen LogP contribution in [0, 0.1) is 11.3 Å². The van der Waals surface area contributed by atoms with Crippen molar-refractivity contribution in [1.29, 1.82) is 0 Å². The molecule has 0 heterocycles. The summed E-state index contributed by atoms with van der Waals surface area (Å²) in [6.07, 6.45) is 13.5. The number of fused-ring (bicyclic) bond motifs is 1. The van der Waals surface area contributed by atoms with Gasteiger partial charge in [-0.2, -0.15) is 0 Å². The number of hydrogen-bond donors (Lipinski definition) is 0. The van der Waals surface area contributed by atoms with E-state index in [1.165, 1.54) is 48.8 Å². The smallest absolute Gasteiger partial charge is 0.00213 e. The first kappa shape index (κ1) is 14.4. The molecule has 2 saturated carbocycles. The Morgan fingerprint density at radius 3 is 2.71 bits per heavy atom. The molecule has 0 spiro atoms. The van der Waals surface area contributed by atoms with E-state index in [0.29, 0.717) is 5.41 Å². The van der Waals surface area contributed by atoms with E-state index in [-0.39, 0.29) is 0 Å². The van der Waals surface area contributed by atoms with Crippen molar-refractivity contribution in [2.24, 2.45) is 11.3 Å². The van der Waals surface area contributed by atoms with E-state index >= 15 is 0 Å². The number of hydrogen-bond acceptors (Lipinski definition) is 0. The lowest BCUT2D eigenvalue weighted by Crippen LogP contribution is -2.10. The molecule has 0 saturated heterocycles. The van der Waals surface area contributed by atoms with Crippen LogP contribution in [0.1, 0.15) is 44.1 Å². The maximum Gasteiger partial charge on any atom is -0.00213 e. The maximum atomic E-state index is 4.35. The van der Waals surface area contributed by atoms with Crippen LogP contribution in [0.3, 0.4) is 0 Å². The molecule has 2 unspecified atom stereocenters. The molecule has 0 aliphatic heterocycles. The summed E-state index contributed by atoms with van der Waals surface area (Å²) in [5.74, 6) is 0.931. The van der Waals surface area contributed by atoms with Crippen molar-refractivity contribution in [3.8, 4) is 0 Å². The lowest BCUT2D eigenvalue weighted by molar-refractivity contribution is 0.392. The quantitative estimate of drug-likeness (QED) is 0.571. The monoisotopic (exact) mass is 278 g/mol. The van der Waals surface area contributed by atoms with Crippen LogP contribution in [0.25, 0.3) is 0 Å². The van der Waals surface area contributed by atoms with Crippen molar-refractivity contribution >= 4 is 0 Å². The van der Waals surface area contributed by atoms with E-state index in [1.807, 2.05) is 0 Å². The molecule has 0 aromatic heterocycles. The molecule has 1 aromatic rings. The van der Waals surface area contributed by atoms with Crippen LogP contribution in [-0.2, 0) is 6.42 Å². The molecule has 110 valence electrons. The Bertz CT molecular complexity index is 549. The van der Waals surface area contributed by atoms with Crippen LogP contribution in [0.5, 0.6) is 0 Å². The van der Waals surface area contributed by atoms with Gasteiger partial charge in [0.1, 0.15) is 0 Å². The SMILES string of the molecule is C=C(/C=C\C(=C)C12CCCCC1C2)CCc1ccccc1. The first-order valence-corrected chi connectivity index (χ1v) is 8.30. The van der Waals surface area contributed by atoms with E-state index in [1.54, 1.807) is 0 Å². The second-order valence-electron chi connectivity index (χ2n) is 6.81. The molecule has 0 bridgehead atoms. The third-order valence-electron chi connectivity index (χ3n) is 5.39. The van der Waals surface area contributed by atoms with Gasteiger partial charge in [0.25, 0.3) is 0 Å². The Morgan fingerprint density at radius 1 is 1.14 bits per heavy atom. The minimum Gasteiger partial charge on any atom is -0.0958 e. The standard InChI is InChI=1S/C21H26/c1-17(12-14-19-8-4-3-5-9-19)11-13-18(2)21-15-7-6-10-20(21)16-21/h3-5,8-9,11,13,20H,1-2,6-7,10,12,14-16H2/b13-11-. The lowest BCUT2D eigenvalue weighted by atomic mass is 9.82. The Labute approximate surface area is 129 Å². The topological polar surface area (TPSA) is 0 Å². The predicted molar refractivity (Wildman–Crippen MR) is 91.2 cm³/mol. The molecule has 0 amide bonds. The maximum absolute atomic E-state index is 4.35. The summed E-state index contributed by atoms with van der Waals surface area (Å²) < 4.78 is 0. The summed E-state index contributed by atoms with van der Waals surface area (Å²) in [4.78, 5) is 0. The van der Waals surface area contributed by atoms with Crippen molar-refractivity contribution in [1.82, 2.24) is 0 Å². The molecule has 3 rings (SSSR count). The summed E-state index contributed by atoms with van der Waals surface area (Å²) >= 11 is 0. The molecule has 0 heteroatoms. The third kappa shape index (κ3) is 3.20. The molecule has 21 heavy (non-hydrogen) atoms. The molecule has 2 aliphatic rings. The van der Waals surface area contributed by atoms with Crippen LogP contribution in [0.15, 0.2) is 66.8 Å². The highest BCUT2D eigenvalue weighted by molar-refractivity contribution is 5.35. The van der Waals surface area contributed by atoms with Gasteiger partial charge in [-0.25, -0.2) is 0 Å². The normalized spacial score (nSPS) is 27.3. The fourth-order valence-corrected chi connectivity index (χ4v) is 3.87. The van der Waals surface area contributed by atoms with Gasteiger partial charge in [-0.15, -0.1) is 0 Å². The largest absolute Gasteiger partial charge is 0.0958 e. The van der Waals surface area contributed by atoms with E-state index in [2.05, 4.69) is 55.6 Å². The third-order valence-corrected chi connectivity index (χ3v) is 5.39. The van der Waals surface area contributed by atoms with E-state index in [9.17, 15) is 0 Å². The van der Waals surface area contributed by atoms with Crippen LogP contribution >= 0.6 is 0 Å². The van der Waals surface area contributed by atoms with Gasteiger partial charge in [0.05, 0.1) is 0 Å². The highest BCUT2D eigenvalue weighted by Crippen LogP contribution is 2.65. The average molecular weight is 278 g/mol. The van der Waals surface area contributed by atoms with Gasteiger partial charge in [0.15, 0.2) is 0 Å². The Morgan fingerprint density at radius 2 is 1.95 bits per heavy atom. The van der Waals surface area contributed by atoms with Gasteiger partial charge >= 0.3 is 0 Å². The van der Waals surface area contributed by atoms with Gasteiger partial charge in [-0.1, -0.05) is 74.1 Å². The fraction of sp³-hybridized carbons (Fsp3) is 0.429. The molecule has 2 atom stereocenters. The van der Waals surface area contributed by atoms with E-state index in [4.69, 9.17) is 0 Å². The van der Waals surface area contributed by atoms with Gasteiger partial charge in [-0.05, 0) is 54.6 Å². The van der Waals surface area contributed by atoms with Crippen molar-refractivity contribution in [3.05, 3.63) is 72.4 Å². The van der Waals surface area contributed by atoms with Crippen LogP contribution in [0.2, 0.25) is 0 Å². The van der Waals surface area contributed by atoms with Crippen molar-refractivity contribution in [3.63, 3.8) is 0 Å². The number of allylic oxidation sites excluding steroid dienone is 4. The first-order valence-electron chi connectivity index (χ1n) is 8.30. The highest BCUT2D eigenvalue weighted by atomic mass is 14.6. The molecular weight excluding hydrogens is 252 g/mol. The second-order valence-corrected chi connectivity index (χ2v) is 6.81. The number of aryl methyl sites for hydroxylation is 1. The van der Waals surface area contributed by atoms with Gasteiger partial charge in [0, 0.05) is 0 Å². The second kappa shape index (κ2) is 6.05. The molecule has 0 N–H and O–H groups in total. The van der Waals surface area contributed by atoms with Gasteiger partial charge < -0.3 is 0 Å². The zero-order chi connectivity index (χ0) is 14.7. The van der Waals surface area contributed by atoms with Crippen LogP contribution < -0.4 is 0 Å². The Balaban J connectivity index is 1.49. The Kier molecular flexibility index (Phi) is 4.14. The lowest BCUT2D eigenvalue weighted by Gasteiger charge is -2.22. The molecule has 1 aromatic carbocycles. The summed E-state index contributed by atoms with van der Waals surface area (Å²) in [5.41, 5.74) is 4.44. The first-order chi connectivity index (χ1) is 10.2. The molecule has 2 aliphatic carbocycles. The van der Waals surface area contributed by atoms with Crippen molar-refractivity contribution in [2.45, 2.75) is 44.9 Å². The van der Waals surface area contributed by atoms with E-state index in [0.717, 1.165) is 18.8 Å². The zero-order valence-electron chi connectivity index (χ0n) is 13.0. The minimum absolute atomic E-state index is 0.481.